The molecule has 6 heteroatoms. The van der Waals surface area contributed by atoms with Gasteiger partial charge in [0.15, 0.2) is 5.78 Å². The van der Waals surface area contributed by atoms with Crippen molar-refractivity contribution in [1.82, 2.24) is 0 Å². The summed E-state index contributed by atoms with van der Waals surface area (Å²) in [6.45, 7) is 12.7. The van der Waals surface area contributed by atoms with Gasteiger partial charge in [0, 0.05) is 12.0 Å². The molecule has 0 unspecified atom stereocenters. The lowest BCUT2D eigenvalue weighted by atomic mass is 9.46. The van der Waals surface area contributed by atoms with Crippen LogP contribution in [-0.4, -0.2) is 52.5 Å². The van der Waals surface area contributed by atoms with Crippen molar-refractivity contribution in [3.63, 3.8) is 0 Å². The number of aliphatic hydroxyl groups excluding tert-OH is 1. The molecule has 0 aliphatic heterocycles. The fourth-order valence-corrected chi connectivity index (χ4v) is 8.49. The van der Waals surface area contributed by atoms with Crippen LogP contribution in [0.5, 0.6) is 0 Å². The Labute approximate surface area is 208 Å². The number of ketones is 1. The smallest absolute Gasteiger partial charge is 0.338 e. The van der Waals surface area contributed by atoms with Gasteiger partial charge in [0.25, 0.3) is 0 Å². The Bertz CT molecular complexity index is 1020. The number of hydrogen-bond acceptors (Lipinski definition) is 6. The van der Waals surface area contributed by atoms with Crippen LogP contribution in [-0.2, 0) is 14.3 Å². The Kier molecular flexibility index (Phi) is 5.60. The highest BCUT2D eigenvalue weighted by Gasteiger charge is 2.79. The molecule has 0 amide bonds. The maximum absolute atomic E-state index is 14.5. The number of ether oxygens (including phenoxy) is 2. The summed E-state index contributed by atoms with van der Waals surface area (Å²) >= 11 is 0. The molecule has 4 saturated carbocycles. The van der Waals surface area contributed by atoms with E-state index in [1.165, 1.54) is 0 Å². The zero-order chi connectivity index (χ0) is 25.6. The normalized spacial score (nSPS) is 47.8. The molecule has 1 aromatic rings. The van der Waals surface area contributed by atoms with E-state index in [0.29, 0.717) is 24.5 Å². The molecule has 0 spiro atoms. The van der Waals surface area contributed by atoms with Crippen molar-refractivity contribution in [2.75, 3.05) is 6.61 Å². The lowest BCUT2D eigenvalue weighted by Gasteiger charge is -2.60. The number of aliphatic hydroxyl groups is 2. The predicted octanol–water partition coefficient (Wildman–Crippen LogP) is 4.03. The van der Waals surface area contributed by atoms with Gasteiger partial charge < -0.3 is 19.7 Å². The SMILES string of the molecule is CCO[C@@H]1[C@H]2[C@@H](CC[C@@]3(C)[C@H](O)[C@H]4[C@@H](OC(=O)c5ccccc5)[C@@H](C)C[C@]4(O)C(=O)[C@@]13C)C2(C)C. The van der Waals surface area contributed by atoms with Crippen molar-refractivity contribution in [3.8, 4) is 0 Å². The van der Waals surface area contributed by atoms with E-state index in [1.807, 2.05) is 33.8 Å². The highest BCUT2D eigenvalue weighted by Crippen LogP contribution is 2.73. The molecule has 1 aromatic carbocycles. The third-order valence-electron chi connectivity index (χ3n) is 10.8. The number of fused-ring (bicyclic) bond motifs is 3. The molecule has 4 fully saturated rings. The van der Waals surface area contributed by atoms with Crippen molar-refractivity contribution in [3.05, 3.63) is 35.9 Å². The summed E-state index contributed by atoms with van der Waals surface area (Å²) in [5.74, 6) is -1.29. The number of hydrogen-bond donors (Lipinski definition) is 2. The van der Waals surface area contributed by atoms with Gasteiger partial charge in [0.05, 0.1) is 29.1 Å². The molecule has 192 valence electrons. The first-order chi connectivity index (χ1) is 16.4. The Morgan fingerprint density at radius 2 is 1.77 bits per heavy atom. The van der Waals surface area contributed by atoms with E-state index in [-0.39, 0.29) is 35.6 Å². The Balaban J connectivity index is 1.56. The van der Waals surface area contributed by atoms with Gasteiger partial charge in [0.2, 0.25) is 0 Å². The minimum atomic E-state index is -1.77. The fourth-order valence-electron chi connectivity index (χ4n) is 8.49. The summed E-state index contributed by atoms with van der Waals surface area (Å²) in [6, 6.07) is 8.72. The van der Waals surface area contributed by atoms with Crippen LogP contribution >= 0.6 is 0 Å². The summed E-state index contributed by atoms with van der Waals surface area (Å²) in [5.41, 5.74) is -3.17. The first-order valence-electron chi connectivity index (χ1n) is 13.2. The number of Topliss-reactive ketones (excluding diaryl/α,β-unsaturated/α-hetero) is 1. The number of carbonyl (C=O) groups is 2. The molecule has 5 rings (SSSR count). The third kappa shape index (κ3) is 3.12. The molecule has 4 aliphatic carbocycles. The molecule has 0 saturated heterocycles. The quantitative estimate of drug-likeness (QED) is 0.627. The lowest BCUT2D eigenvalue weighted by molar-refractivity contribution is -0.233. The first-order valence-corrected chi connectivity index (χ1v) is 13.2. The van der Waals surface area contributed by atoms with Gasteiger partial charge >= 0.3 is 5.97 Å². The van der Waals surface area contributed by atoms with E-state index in [2.05, 4.69) is 13.8 Å². The second-order valence-electron chi connectivity index (χ2n) is 12.6. The van der Waals surface area contributed by atoms with Crippen LogP contribution in [0.1, 0.15) is 71.2 Å². The molecule has 10 atom stereocenters. The van der Waals surface area contributed by atoms with E-state index in [9.17, 15) is 19.8 Å². The van der Waals surface area contributed by atoms with E-state index >= 15 is 0 Å². The molecule has 35 heavy (non-hydrogen) atoms. The largest absolute Gasteiger partial charge is 0.458 e. The van der Waals surface area contributed by atoms with E-state index in [1.54, 1.807) is 24.3 Å². The fraction of sp³-hybridized carbons (Fsp3) is 0.724. The van der Waals surface area contributed by atoms with E-state index in [4.69, 9.17) is 9.47 Å². The molecule has 2 N–H and O–H groups in total. The van der Waals surface area contributed by atoms with Crippen LogP contribution in [0, 0.1) is 39.9 Å². The molecule has 0 bridgehead atoms. The van der Waals surface area contributed by atoms with Crippen LogP contribution in [0.25, 0.3) is 0 Å². The standard InChI is InChI=1S/C29H40O6/c1-7-34-23-19-18(26(19,3)4)13-14-27(5)22(30)20-21(35-24(31)17-11-9-8-10-12-17)16(2)15-29(20,33)25(32)28(23,27)6/h8-12,16,18-23,30,33H,7,13-15H2,1-6H3/t16-,18+,19+,20+,21-,22+,23+,27-,28+,29+/m0/s1. The van der Waals surface area contributed by atoms with Crippen LogP contribution in [0.3, 0.4) is 0 Å². The zero-order valence-electron chi connectivity index (χ0n) is 21.8. The molecule has 0 radical (unpaired) electrons. The second-order valence-corrected chi connectivity index (χ2v) is 12.6. The van der Waals surface area contributed by atoms with Gasteiger partial charge in [-0.25, -0.2) is 4.79 Å². The van der Waals surface area contributed by atoms with Gasteiger partial charge in [0.1, 0.15) is 11.7 Å². The number of carbonyl (C=O) groups excluding carboxylic acids is 2. The Hall–Kier alpha value is -1.76. The van der Waals surface area contributed by atoms with Gasteiger partial charge in [-0.2, -0.15) is 0 Å². The highest BCUT2D eigenvalue weighted by molar-refractivity contribution is 5.96. The maximum atomic E-state index is 14.5. The molecular formula is C29H40O6. The third-order valence-corrected chi connectivity index (χ3v) is 10.8. The minimum absolute atomic E-state index is 0.0611. The van der Waals surface area contributed by atoms with Crippen molar-refractivity contribution >= 4 is 11.8 Å². The molecule has 0 aromatic heterocycles. The topological polar surface area (TPSA) is 93.1 Å². The Morgan fingerprint density at radius 3 is 2.40 bits per heavy atom. The van der Waals surface area contributed by atoms with Gasteiger partial charge in [-0.1, -0.05) is 45.9 Å². The summed E-state index contributed by atoms with van der Waals surface area (Å²) in [4.78, 5) is 27.5. The molecule has 6 nitrogen and oxygen atoms in total. The molecule has 4 aliphatic rings. The molecule has 0 heterocycles. The van der Waals surface area contributed by atoms with Gasteiger partial charge in [-0.15, -0.1) is 0 Å². The monoisotopic (exact) mass is 484 g/mol. The number of esters is 1. The highest BCUT2D eigenvalue weighted by atomic mass is 16.5. The Morgan fingerprint density at radius 1 is 1.11 bits per heavy atom. The summed E-state index contributed by atoms with van der Waals surface area (Å²) in [6.07, 6.45) is -0.446. The van der Waals surface area contributed by atoms with Crippen LogP contribution < -0.4 is 0 Å². The van der Waals surface area contributed by atoms with Crippen molar-refractivity contribution in [2.24, 2.45) is 39.9 Å². The first kappa shape index (κ1) is 24.9. The van der Waals surface area contributed by atoms with Gasteiger partial charge in [-0.05, 0) is 68.4 Å². The number of rotatable bonds is 4. The van der Waals surface area contributed by atoms with Crippen molar-refractivity contribution in [2.45, 2.75) is 84.7 Å². The average molecular weight is 485 g/mol. The summed E-state index contributed by atoms with van der Waals surface area (Å²) in [7, 11) is 0. The van der Waals surface area contributed by atoms with Crippen LogP contribution in [0.4, 0.5) is 0 Å². The van der Waals surface area contributed by atoms with Gasteiger partial charge in [-0.3, -0.25) is 4.79 Å². The van der Waals surface area contributed by atoms with Crippen molar-refractivity contribution in [1.29, 1.82) is 0 Å². The summed E-state index contributed by atoms with van der Waals surface area (Å²) < 4.78 is 12.3. The zero-order valence-corrected chi connectivity index (χ0v) is 21.8. The predicted molar refractivity (Wildman–Crippen MR) is 131 cm³/mol. The van der Waals surface area contributed by atoms with Crippen LogP contribution in [0.15, 0.2) is 30.3 Å². The maximum Gasteiger partial charge on any atom is 0.338 e. The average Bonchev–Trinajstić information content (AvgIpc) is 3.29. The molecular weight excluding hydrogens is 444 g/mol. The summed E-state index contributed by atoms with van der Waals surface area (Å²) in [5, 5.41) is 24.1. The van der Waals surface area contributed by atoms with E-state index < -0.39 is 40.5 Å². The lowest BCUT2D eigenvalue weighted by Crippen LogP contribution is -2.72. The van der Waals surface area contributed by atoms with E-state index in [0.717, 1.165) is 6.42 Å². The minimum Gasteiger partial charge on any atom is -0.458 e. The van der Waals surface area contributed by atoms with Crippen LogP contribution in [0.2, 0.25) is 0 Å². The van der Waals surface area contributed by atoms with Crippen molar-refractivity contribution < 1.29 is 29.3 Å². The number of benzene rings is 1. The second kappa shape index (κ2) is 7.87.